The lowest BCUT2D eigenvalue weighted by molar-refractivity contribution is 0.0971. The number of fused-ring (bicyclic) bond motifs is 2. The van der Waals surface area contributed by atoms with Crippen molar-refractivity contribution in [1.29, 1.82) is 0 Å². The summed E-state index contributed by atoms with van der Waals surface area (Å²) in [4.78, 5) is 28.7. The van der Waals surface area contributed by atoms with Crippen molar-refractivity contribution >= 4 is 22.6 Å². The van der Waals surface area contributed by atoms with Crippen LogP contribution in [0.4, 0.5) is 10.1 Å². The predicted molar refractivity (Wildman–Crippen MR) is 124 cm³/mol. The molecule has 0 radical (unpaired) electrons. The van der Waals surface area contributed by atoms with Gasteiger partial charge in [0.05, 0.1) is 17.0 Å². The molecule has 0 aliphatic carbocycles. The molecule has 5 nitrogen and oxygen atoms in total. The van der Waals surface area contributed by atoms with Gasteiger partial charge in [0.2, 0.25) is 5.76 Å². The SMILES string of the molecule is C=CCOc1cccc(C2c3c(oc4ccc(F)cc4c3=O)C(=O)N2c2cccc(C)c2)c1. The van der Waals surface area contributed by atoms with Crippen molar-refractivity contribution in [3.05, 3.63) is 118 Å². The molecule has 1 aliphatic rings. The minimum absolute atomic E-state index is 0.0389. The van der Waals surface area contributed by atoms with Gasteiger partial charge in [-0.05, 0) is 60.5 Å². The Kier molecular flexibility index (Phi) is 5.05. The lowest BCUT2D eigenvalue weighted by atomic mass is 9.98. The summed E-state index contributed by atoms with van der Waals surface area (Å²) in [6, 6.07) is 17.6. The van der Waals surface area contributed by atoms with Crippen molar-refractivity contribution in [2.24, 2.45) is 0 Å². The van der Waals surface area contributed by atoms with E-state index >= 15 is 0 Å². The summed E-state index contributed by atoms with van der Waals surface area (Å²) in [5, 5.41) is 0.0942. The van der Waals surface area contributed by atoms with E-state index in [1.807, 2.05) is 37.3 Å². The molecular formula is C27H20FNO4. The molecule has 4 aromatic rings. The van der Waals surface area contributed by atoms with Crippen LogP contribution in [0.2, 0.25) is 0 Å². The maximum atomic E-state index is 13.9. The zero-order chi connectivity index (χ0) is 23.1. The van der Waals surface area contributed by atoms with Crippen LogP contribution in [0, 0.1) is 12.7 Å². The molecule has 2 heterocycles. The van der Waals surface area contributed by atoms with Crippen LogP contribution >= 0.6 is 0 Å². The Morgan fingerprint density at radius 2 is 1.91 bits per heavy atom. The third-order valence-corrected chi connectivity index (χ3v) is 5.65. The van der Waals surface area contributed by atoms with E-state index in [0.29, 0.717) is 23.6 Å². The number of aryl methyl sites for hydroxylation is 1. The molecule has 5 rings (SSSR count). The second kappa shape index (κ2) is 8.06. The maximum Gasteiger partial charge on any atom is 0.295 e. The first-order valence-electron chi connectivity index (χ1n) is 10.5. The first-order chi connectivity index (χ1) is 16.0. The number of ether oxygens (including phenoxy) is 1. The predicted octanol–water partition coefficient (Wildman–Crippen LogP) is 5.56. The van der Waals surface area contributed by atoms with Gasteiger partial charge in [-0.15, -0.1) is 0 Å². The van der Waals surface area contributed by atoms with Crippen LogP contribution < -0.4 is 15.1 Å². The van der Waals surface area contributed by atoms with Crippen LogP contribution in [0.15, 0.2) is 88.6 Å². The number of hydrogen-bond acceptors (Lipinski definition) is 4. The summed E-state index contributed by atoms with van der Waals surface area (Å²) in [5.41, 5.74) is 2.18. The number of rotatable bonds is 5. The van der Waals surface area contributed by atoms with E-state index in [0.717, 1.165) is 11.6 Å². The Hall–Kier alpha value is -4.19. The first kappa shape index (κ1) is 20.7. The van der Waals surface area contributed by atoms with Gasteiger partial charge in [-0.3, -0.25) is 14.5 Å². The fraction of sp³-hybridized carbons (Fsp3) is 0.111. The van der Waals surface area contributed by atoms with Gasteiger partial charge in [0.1, 0.15) is 23.8 Å². The quantitative estimate of drug-likeness (QED) is 0.381. The summed E-state index contributed by atoms with van der Waals surface area (Å²) in [7, 11) is 0. The monoisotopic (exact) mass is 441 g/mol. The molecule has 0 spiro atoms. The summed E-state index contributed by atoms with van der Waals surface area (Å²) < 4.78 is 25.5. The molecule has 0 fully saturated rings. The number of benzene rings is 3. The average molecular weight is 441 g/mol. The zero-order valence-corrected chi connectivity index (χ0v) is 17.9. The van der Waals surface area contributed by atoms with Crippen molar-refractivity contribution in [2.75, 3.05) is 11.5 Å². The van der Waals surface area contributed by atoms with E-state index in [1.54, 1.807) is 29.2 Å². The summed E-state index contributed by atoms with van der Waals surface area (Å²) in [5.74, 6) is -0.441. The average Bonchev–Trinajstić information content (AvgIpc) is 3.11. The second-order valence-corrected chi connectivity index (χ2v) is 7.90. The topological polar surface area (TPSA) is 59.8 Å². The number of anilines is 1. The number of carbonyl (C=O) groups is 1. The van der Waals surface area contributed by atoms with Crippen molar-refractivity contribution in [2.45, 2.75) is 13.0 Å². The Morgan fingerprint density at radius 3 is 2.70 bits per heavy atom. The summed E-state index contributed by atoms with van der Waals surface area (Å²) in [6.45, 7) is 5.90. The Labute approximate surface area is 189 Å². The van der Waals surface area contributed by atoms with E-state index in [2.05, 4.69) is 6.58 Å². The van der Waals surface area contributed by atoms with Crippen molar-refractivity contribution in [3.63, 3.8) is 0 Å². The van der Waals surface area contributed by atoms with Crippen LogP contribution in [0.3, 0.4) is 0 Å². The van der Waals surface area contributed by atoms with Crippen molar-refractivity contribution < 1.29 is 18.3 Å². The number of amides is 1. The van der Waals surface area contributed by atoms with Gasteiger partial charge in [0.25, 0.3) is 5.91 Å². The minimum Gasteiger partial charge on any atom is -0.490 e. The van der Waals surface area contributed by atoms with Gasteiger partial charge in [-0.1, -0.05) is 36.9 Å². The highest BCUT2D eigenvalue weighted by Crippen LogP contribution is 2.42. The zero-order valence-electron chi connectivity index (χ0n) is 17.9. The number of carbonyl (C=O) groups excluding carboxylic acids is 1. The van der Waals surface area contributed by atoms with Crippen molar-refractivity contribution in [1.82, 2.24) is 0 Å². The van der Waals surface area contributed by atoms with Gasteiger partial charge in [0.15, 0.2) is 5.43 Å². The molecule has 3 aromatic carbocycles. The molecule has 1 unspecified atom stereocenters. The number of hydrogen-bond donors (Lipinski definition) is 0. The van der Waals surface area contributed by atoms with Gasteiger partial charge in [-0.2, -0.15) is 0 Å². The molecule has 0 saturated heterocycles. The smallest absolute Gasteiger partial charge is 0.295 e. The second-order valence-electron chi connectivity index (χ2n) is 7.90. The Bertz CT molecular complexity index is 1470. The van der Waals surface area contributed by atoms with Crippen LogP contribution in [0.5, 0.6) is 5.75 Å². The largest absolute Gasteiger partial charge is 0.490 e. The van der Waals surface area contributed by atoms with Gasteiger partial charge in [0, 0.05) is 5.69 Å². The van der Waals surface area contributed by atoms with E-state index in [4.69, 9.17) is 9.15 Å². The molecule has 33 heavy (non-hydrogen) atoms. The molecule has 0 bridgehead atoms. The van der Waals surface area contributed by atoms with Crippen molar-refractivity contribution in [3.8, 4) is 5.75 Å². The van der Waals surface area contributed by atoms with Gasteiger partial charge in [-0.25, -0.2) is 4.39 Å². The molecular weight excluding hydrogens is 421 g/mol. The molecule has 1 aliphatic heterocycles. The molecule has 6 heteroatoms. The molecule has 1 aromatic heterocycles. The fourth-order valence-electron chi connectivity index (χ4n) is 4.23. The molecule has 0 saturated carbocycles. The highest BCUT2D eigenvalue weighted by Gasteiger charge is 2.43. The molecule has 1 amide bonds. The van der Waals surface area contributed by atoms with E-state index < -0.39 is 23.2 Å². The first-order valence-corrected chi connectivity index (χ1v) is 10.5. The van der Waals surface area contributed by atoms with Crippen LogP contribution in [-0.4, -0.2) is 12.5 Å². The van der Waals surface area contributed by atoms with E-state index in [9.17, 15) is 14.0 Å². The lowest BCUT2D eigenvalue weighted by Gasteiger charge is -2.26. The van der Waals surface area contributed by atoms with Crippen LogP contribution in [-0.2, 0) is 0 Å². The number of halogens is 1. The van der Waals surface area contributed by atoms with Gasteiger partial charge >= 0.3 is 0 Å². The lowest BCUT2D eigenvalue weighted by Crippen LogP contribution is -2.29. The third-order valence-electron chi connectivity index (χ3n) is 5.65. The van der Waals surface area contributed by atoms with E-state index in [1.165, 1.54) is 12.1 Å². The van der Waals surface area contributed by atoms with E-state index in [-0.39, 0.29) is 22.3 Å². The van der Waals surface area contributed by atoms with Crippen LogP contribution in [0.25, 0.3) is 11.0 Å². The summed E-state index contributed by atoms with van der Waals surface area (Å²) >= 11 is 0. The highest BCUT2D eigenvalue weighted by molar-refractivity contribution is 6.10. The van der Waals surface area contributed by atoms with Gasteiger partial charge < -0.3 is 9.15 Å². The molecule has 1 atom stereocenters. The third kappa shape index (κ3) is 3.49. The molecule has 0 N–H and O–H groups in total. The number of nitrogens with zero attached hydrogens (tertiary/aromatic N) is 1. The normalized spacial score (nSPS) is 15.0. The standard InChI is InChI=1S/C27H20FNO4/c1-3-12-32-20-9-5-7-17(14-20)24-23-25(30)21-15-18(28)10-11-22(21)33-26(23)27(31)29(24)19-8-4-6-16(2)13-19/h3-11,13-15,24H,1,12H2,2H3. The van der Waals surface area contributed by atoms with Crippen LogP contribution in [0.1, 0.15) is 33.3 Å². The Morgan fingerprint density at radius 1 is 1.09 bits per heavy atom. The minimum atomic E-state index is -0.759. The highest BCUT2D eigenvalue weighted by atomic mass is 19.1. The molecule has 164 valence electrons. The fourth-order valence-corrected chi connectivity index (χ4v) is 4.23. The maximum absolute atomic E-state index is 13.9. The summed E-state index contributed by atoms with van der Waals surface area (Å²) in [6.07, 6.45) is 1.63. The Balaban J connectivity index is 1.78.